The van der Waals surface area contributed by atoms with Crippen molar-refractivity contribution in [2.75, 3.05) is 41.7 Å². The molecule has 3 heterocycles. The third-order valence-electron chi connectivity index (χ3n) is 4.96. The second-order valence-electron chi connectivity index (χ2n) is 7.30. The number of benzene rings is 1. The fourth-order valence-corrected chi connectivity index (χ4v) is 3.38. The van der Waals surface area contributed by atoms with Crippen LogP contribution in [0.5, 0.6) is 0 Å². The molecular formula is C22H24FN7O. The highest BCUT2D eigenvalue weighted by atomic mass is 19.1. The van der Waals surface area contributed by atoms with Crippen LogP contribution in [0.1, 0.15) is 23.0 Å². The second kappa shape index (κ2) is 9.48. The molecule has 0 atom stereocenters. The van der Waals surface area contributed by atoms with E-state index in [2.05, 4.69) is 36.0 Å². The summed E-state index contributed by atoms with van der Waals surface area (Å²) < 4.78 is 13.4. The molecule has 160 valence electrons. The molecule has 3 aromatic rings. The van der Waals surface area contributed by atoms with Crippen LogP contribution in [0.4, 0.5) is 27.4 Å². The van der Waals surface area contributed by atoms with Crippen LogP contribution in [-0.4, -0.2) is 47.1 Å². The topological polar surface area (TPSA) is 95.1 Å². The van der Waals surface area contributed by atoms with Gasteiger partial charge in [-0.3, -0.25) is 4.79 Å². The Balaban J connectivity index is 1.48. The van der Waals surface area contributed by atoms with E-state index in [1.165, 1.54) is 19.1 Å². The van der Waals surface area contributed by atoms with E-state index in [1.807, 2.05) is 18.2 Å². The Kier molecular flexibility index (Phi) is 6.32. The van der Waals surface area contributed by atoms with E-state index in [0.717, 1.165) is 43.2 Å². The lowest BCUT2D eigenvalue weighted by molar-refractivity contribution is 0.101. The molecule has 1 aromatic carbocycles. The molecule has 0 aliphatic carbocycles. The molecule has 9 heteroatoms. The summed E-state index contributed by atoms with van der Waals surface area (Å²) in [4.78, 5) is 18.7. The minimum atomic E-state index is -0.307. The SMILES string of the molecule is CC(=O)c1nnc(Nc2ccc(N3CCNCC3)nc2)cc1NCc1cccc(F)c1. The number of pyridine rings is 1. The molecule has 0 unspecified atom stereocenters. The number of anilines is 4. The Bertz CT molecular complexity index is 1050. The molecule has 8 nitrogen and oxygen atoms in total. The average molecular weight is 421 g/mol. The molecule has 3 N–H and O–H groups in total. The number of halogens is 1. The molecule has 0 amide bonds. The van der Waals surface area contributed by atoms with Crippen LogP contribution in [0, 0.1) is 5.82 Å². The van der Waals surface area contributed by atoms with E-state index < -0.39 is 0 Å². The number of piperazine rings is 1. The van der Waals surface area contributed by atoms with Crippen molar-refractivity contribution in [2.24, 2.45) is 0 Å². The predicted molar refractivity (Wildman–Crippen MR) is 118 cm³/mol. The lowest BCUT2D eigenvalue weighted by atomic mass is 10.2. The summed E-state index contributed by atoms with van der Waals surface area (Å²) in [6.07, 6.45) is 1.75. The fraction of sp³-hybridized carbons (Fsp3) is 0.273. The summed E-state index contributed by atoms with van der Waals surface area (Å²) in [5.41, 5.74) is 2.28. The predicted octanol–water partition coefficient (Wildman–Crippen LogP) is 2.98. The molecule has 31 heavy (non-hydrogen) atoms. The minimum absolute atomic E-state index is 0.206. The van der Waals surface area contributed by atoms with Gasteiger partial charge in [-0.15, -0.1) is 10.2 Å². The van der Waals surface area contributed by atoms with Crippen LogP contribution >= 0.6 is 0 Å². The van der Waals surface area contributed by atoms with Crippen molar-refractivity contribution >= 4 is 28.8 Å². The van der Waals surface area contributed by atoms with Crippen molar-refractivity contribution < 1.29 is 9.18 Å². The van der Waals surface area contributed by atoms with Gasteiger partial charge in [0.1, 0.15) is 11.6 Å². The number of nitrogens with zero attached hydrogens (tertiary/aromatic N) is 4. The first-order valence-electron chi connectivity index (χ1n) is 10.1. The van der Waals surface area contributed by atoms with Crippen molar-refractivity contribution in [2.45, 2.75) is 13.5 Å². The monoisotopic (exact) mass is 421 g/mol. The molecule has 1 saturated heterocycles. The Labute approximate surface area is 179 Å². The third-order valence-corrected chi connectivity index (χ3v) is 4.96. The number of carbonyl (C=O) groups excluding carboxylic acids is 1. The van der Waals surface area contributed by atoms with Gasteiger partial charge < -0.3 is 20.9 Å². The van der Waals surface area contributed by atoms with Crippen molar-refractivity contribution in [1.82, 2.24) is 20.5 Å². The normalized spacial score (nSPS) is 13.7. The largest absolute Gasteiger partial charge is 0.379 e. The number of rotatable bonds is 7. The highest BCUT2D eigenvalue weighted by molar-refractivity contribution is 5.97. The van der Waals surface area contributed by atoms with E-state index in [4.69, 9.17) is 0 Å². The van der Waals surface area contributed by atoms with Gasteiger partial charge >= 0.3 is 0 Å². The van der Waals surface area contributed by atoms with Gasteiger partial charge in [0.25, 0.3) is 0 Å². The Morgan fingerprint density at radius 2 is 2.00 bits per heavy atom. The molecule has 1 aliphatic heterocycles. The Morgan fingerprint density at radius 1 is 1.16 bits per heavy atom. The standard InChI is InChI=1S/C22H24FN7O/c1-15(31)22-19(25-13-16-3-2-4-17(23)11-16)12-20(28-29-22)27-18-5-6-21(26-14-18)30-9-7-24-8-10-30/h2-6,11-12,14,24H,7-10,13H2,1H3,(H2,25,27,28). The molecule has 2 aromatic heterocycles. The molecule has 1 fully saturated rings. The van der Waals surface area contributed by atoms with Gasteiger partial charge in [-0.2, -0.15) is 0 Å². The molecule has 0 radical (unpaired) electrons. The van der Waals surface area contributed by atoms with E-state index >= 15 is 0 Å². The Hall–Kier alpha value is -3.59. The van der Waals surface area contributed by atoms with Crippen LogP contribution in [0.2, 0.25) is 0 Å². The first-order chi connectivity index (χ1) is 15.1. The quantitative estimate of drug-likeness (QED) is 0.501. The summed E-state index contributed by atoms with van der Waals surface area (Å²) in [7, 11) is 0. The van der Waals surface area contributed by atoms with Crippen molar-refractivity contribution in [1.29, 1.82) is 0 Å². The van der Waals surface area contributed by atoms with Gasteiger partial charge in [-0.05, 0) is 29.8 Å². The second-order valence-corrected chi connectivity index (χ2v) is 7.30. The van der Waals surface area contributed by atoms with Gasteiger partial charge in [-0.1, -0.05) is 12.1 Å². The minimum Gasteiger partial charge on any atom is -0.379 e. The smallest absolute Gasteiger partial charge is 0.182 e. The zero-order valence-electron chi connectivity index (χ0n) is 17.2. The van der Waals surface area contributed by atoms with Gasteiger partial charge in [-0.25, -0.2) is 9.37 Å². The maximum atomic E-state index is 13.4. The zero-order chi connectivity index (χ0) is 21.6. The molecule has 4 rings (SSSR count). The molecule has 0 bridgehead atoms. The van der Waals surface area contributed by atoms with Gasteiger partial charge in [0.05, 0.1) is 17.6 Å². The van der Waals surface area contributed by atoms with Crippen LogP contribution in [0.3, 0.4) is 0 Å². The average Bonchev–Trinajstić information content (AvgIpc) is 2.79. The first-order valence-corrected chi connectivity index (χ1v) is 10.1. The maximum Gasteiger partial charge on any atom is 0.182 e. The molecule has 0 spiro atoms. The number of Topliss-reactive ketones (excluding diaryl/α,β-unsaturated/α-hetero) is 1. The molecular weight excluding hydrogens is 397 g/mol. The van der Waals surface area contributed by atoms with E-state index in [9.17, 15) is 9.18 Å². The third kappa shape index (κ3) is 5.32. The number of hydrogen-bond acceptors (Lipinski definition) is 8. The van der Waals surface area contributed by atoms with Crippen LogP contribution in [-0.2, 0) is 6.54 Å². The lowest BCUT2D eigenvalue weighted by Gasteiger charge is -2.28. The van der Waals surface area contributed by atoms with Gasteiger partial charge in [0.15, 0.2) is 17.3 Å². The summed E-state index contributed by atoms with van der Waals surface area (Å²) >= 11 is 0. The van der Waals surface area contributed by atoms with Gasteiger partial charge in [0, 0.05) is 45.7 Å². The van der Waals surface area contributed by atoms with E-state index in [0.29, 0.717) is 18.1 Å². The van der Waals surface area contributed by atoms with E-state index in [1.54, 1.807) is 18.3 Å². The van der Waals surface area contributed by atoms with Crippen LogP contribution in [0.15, 0.2) is 48.7 Å². The zero-order valence-corrected chi connectivity index (χ0v) is 17.2. The number of aromatic nitrogens is 3. The Morgan fingerprint density at radius 3 is 2.71 bits per heavy atom. The fourth-order valence-electron chi connectivity index (χ4n) is 3.38. The summed E-state index contributed by atoms with van der Waals surface area (Å²) in [6, 6.07) is 11.9. The highest BCUT2D eigenvalue weighted by Crippen LogP contribution is 2.22. The van der Waals surface area contributed by atoms with E-state index in [-0.39, 0.29) is 17.3 Å². The number of hydrogen-bond donors (Lipinski definition) is 3. The van der Waals surface area contributed by atoms with Crippen molar-refractivity contribution in [3.8, 4) is 0 Å². The number of ketones is 1. The van der Waals surface area contributed by atoms with Crippen molar-refractivity contribution in [3.63, 3.8) is 0 Å². The van der Waals surface area contributed by atoms with Crippen LogP contribution < -0.4 is 20.9 Å². The summed E-state index contributed by atoms with van der Waals surface area (Å²) in [5, 5.41) is 17.8. The first kappa shape index (κ1) is 20.7. The van der Waals surface area contributed by atoms with Gasteiger partial charge in [0.2, 0.25) is 0 Å². The lowest BCUT2D eigenvalue weighted by Crippen LogP contribution is -2.43. The maximum absolute atomic E-state index is 13.4. The summed E-state index contributed by atoms with van der Waals surface area (Å²) in [6.45, 7) is 5.54. The summed E-state index contributed by atoms with van der Waals surface area (Å²) in [5.74, 6) is 0.895. The number of carbonyl (C=O) groups is 1. The molecule has 1 aliphatic rings. The van der Waals surface area contributed by atoms with Crippen LogP contribution in [0.25, 0.3) is 0 Å². The highest BCUT2D eigenvalue weighted by Gasteiger charge is 2.13. The van der Waals surface area contributed by atoms with Crippen molar-refractivity contribution in [3.05, 3.63) is 65.7 Å². The molecule has 0 saturated carbocycles. The number of nitrogens with one attached hydrogen (secondary N) is 3.